The number of alkyl halides is 3. The fourth-order valence-electron chi connectivity index (χ4n) is 2.03. The summed E-state index contributed by atoms with van der Waals surface area (Å²) in [5.74, 6) is 0. The highest BCUT2D eigenvalue weighted by atomic mass is 19.4. The van der Waals surface area contributed by atoms with Crippen LogP contribution in [0.5, 0.6) is 0 Å². The Morgan fingerprint density at radius 1 is 1.10 bits per heavy atom. The second-order valence-electron chi connectivity index (χ2n) is 4.99. The van der Waals surface area contributed by atoms with Gasteiger partial charge in [0.25, 0.3) is 0 Å². The third-order valence-corrected chi connectivity index (χ3v) is 3.27. The Morgan fingerprint density at radius 2 is 1.76 bits per heavy atom. The van der Waals surface area contributed by atoms with Crippen LogP contribution in [0.2, 0.25) is 0 Å². The Labute approximate surface area is 122 Å². The molecule has 0 aliphatic carbocycles. The predicted octanol–water partition coefficient (Wildman–Crippen LogP) is 4.26. The van der Waals surface area contributed by atoms with Crippen molar-refractivity contribution in [3.63, 3.8) is 0 Å². The quantitative estimate of drug-likeness (QED) is 0.911. The zero-order valence-electron chi connectivity index (χ0n) is 11.9. The van der Waals surface area contributed by atoms with Crippen molar-refractivity contribution in [3.05, 3.63) is 65.0 Å². The molecule has 1 unspecified atom stereocenters. The van der Waals surface area contributed by atoms with Crippen molar-refractivity contribution in [3.8, 4) is 0 Å². The molecule has 21 heavy (non-hydrogen) atoms. The predicted molar refractivity (Wildman–Crippen MR) is 75.7 cm³/mol. The Morgan fingerprint density at radius 3 is 2.33 bits per heavy atom. The number of halogens is 3. The number of aryl methyl sites for hydroxylation is 1. The second kappa shape index (κ2) is 6.26. The highest BCUT2D eigenvalue weighted by Crippen LogP contribution is 2.29. The molecule has 2 nitrogen and oxygen atoms in total. The molecule has 5 heteroatoms. The van der Waals surface area contributed by atoms with Crippen molar-refractivity contribution in [2.24, 2.45) is 0 Å². The number of benzene rings is 1. The summed E-state index contributed by atoms with van der Waals surface area (Å²) in [5, 5.41) is 3.26. The van der Waals surface area contributed by atoms with Crippen molar-refractivity contribution in [2.45, 2.75) is 32.6 Å². The number of nitrogens with one attached hydrogen (secondary N) is 1. The third kappa shape index (κ3) is 4.29. The smallest absolute Gasteiger partial charge is 0.305 e. The normalized spacial score (nSPS) is 13.2. The largest absolute Gasteiger partial charge is 0.416 e. The van der Waals surface area contributed by atoms with Gasteiger partial charge in [0.15, 0.2) is 0 Å². The summed E-state index contributed by atoms with van der Waals surface area (Å²) < 4.78 is 37.5. The van der Waals surface area contributed by atoms with Crippen LogP contribution in [0.25, 0.3) is 0 Å². The Hall–Kier alpha value is -1.88. The van der Waals surface area contributed by atoms with Crippen LogP contribution in [0.4, 0.5) is 13.2 Å². The molecule has 0 bridgehead atoms. The summed E-state index contributed by atoms with van der Waals surface area (Å²) >= 11 is 0. The standard InChI is InChI=1S/C16H17F3N2/c1-11-4-3-5-15(21-11)10-20-12(2)13-6-8-14(9-7-13)16(17,18)19/h3-9,12,20H,10H2,1-2H3. The van der Waals surface area contributed by atoms with E-state index in [0.717, 1.165) is 29.1 Å². The van der Waals surface area contributed by atoms with E-state index in [1.165, 1.54) is 12.1 Å². The summed E-state index contributed by atoms with van der Waals surface area (Å²) in [6, 6.07) is 10.9. The van der Waals surface area contributed by atoms with Crippen LogP contribution in [-0.2, 0) is 12.7 Å². The highest BCUT2D eigenvalue weighted by molar-refractivity contribution is 5.26. The Bertz CT molecular complexity index is 591. The van der Waals surface area contributed by atoms with Gasteiger partial charge in [-0.05, 0) is 43.7 Å². The Balaban J connectivity index is 1.99. The summed E-state index contributed by atoms with van der Waals surface area (Å²) in [7, 11) is 0. The van der Waals surface area contributed by atoms with E-state index in [0.29, 0.717) is 6.54 Å². The zero-order valence-corrected chi connectivity index (χ0v) is 11.9. The average molecular weight is 294 g/mol. The Kier molecular flexibility index (Phi) is 4.63. The first kappa shape index (κ1) is 15.5. The lowest BCUT2D eigenvalue weighted by Crippen LogP contribution is -2.19. The van der Waals surface area contributed by atoms with Gasteiger partial charge >= 0.3 is 6.18 Å². The van der Waals surface area contributed by atoms with Crippen LogP contribution in [0.1, 0.15) is 35.5 Å². The molecule has 0 aliphatic heterocycles. The number of hydrogen-bond acceptors (Lipinski definition) is 2. The fraction of sp³-hybridized carbons (Fsp3) is 0.312. The maximum atomic E-state index is 12.5. The highest BCUT2D eigenvalue weighted by Gasteiger charge is 2.30. The van der Waals surface area contributed by atoms with Crippen molar-refractivity contribution in [2.75, 3.05) is 0 Å². The van der Waals surface area contributed by atoms with E-state index in [4.69, 9.17) is 0 Å². The van der Waals surface area contributed by atoms with Crippen LogP contribution < -0.4 is 5.32 Å². The van der Waals surface area contributed by atoms with Gasteiger partial charge in [-0.2, -0.15) is 13.2 Å². The monoisotopic (exact) mass is 294 g/mol. The van der Waals surface area contributed by atoms with Crippen molar-refractivity contribution in [1.29, 1.82) is 0 Å². The van der Waals surface area contributed by atoms with Gasteiger partial charge in [0.2, 0.25) is 0 Å². The molecule has 0 saturated heterocycles. The molecule has 1 aromatic carbocycles. The van der Waals surface area contributed by atoms with Crippen molar-refractivity contribution < 1.29 is 13.2 Å². The average Bonchev–Trinajstić information content (AvgIpc) is 2.44. The van der Waals surface area contributed by atoms with E-state index in [1.54, 1.807) is 0 Å². The topological polar surface area (TPSA) is 24.9 Å². The van der Waals surface area contributed by atoms with E-state index in [1.807, 2.05) is 32.0 Å². The molecule has 1 heterocycles. The molecule has 1 aromatic heterocycles. The lowest BCUT2D eigenvalue weighted by Gasteiger charge is -2.15. The SMILES string of the molecule is Cc1cccc(CNC(C)c2ccc(C(F)(F)F)cc2)n1. The molecule has 1 N–H and O–H groups in total. The van der Waals surface area contributed by atoms with E-state index in [-0.39, 0.29) is 6.04 Å². The maximum absolute atomic E-state index is 12.5. The van der Waals surface area contributed by atoms with Crippen LogP contribution in [0.3, 0.4) is 0 Å². The first-order chi connectivity index (χ1) is 9.86. The summed E-state index contributed by atoms with van der Waals surface area (Å²) in [6.45, 7) is 4.41. The molecule has 0 spiro atoms. The van der Waals surface area contributed by atoms with Crippen LogP contribution in [0.15, 0.2) is 42.5 Å². The van der Waals surface area contributed by atoms with E-state index < -0.39 is 11.7 Å². The molecule has 112 valence electrons. The zero-order chi connectivity index (χ0) is 15.5. The van der Waals surface area contributed by atoms with E-state index >= 15 is 0 Å². The van der Waals surface area contributed by atoms with Crippen LogP contribution in [0, 0.1) is 6.92 Å². The van der Waals surface area contributed by atoms with E-state index in [9.17, 15) is 13.2 Å². The first-order valence-corrected chi connectivity index (χ1v) is 6.69. The number of nitrogens with zero attached hydrogens (tertiary/aromatic N) is 1. The van der Waals surface area contributed by atoms with Gasteiger partial charge < -0.3 is 5.32 Å². The number of aromatic nitrogens is 1. The van der Waals surface area contributed by atoms with Gasteiger partial charge in [0.1, 0.15) is 0 Å². The van der Waals surface area contributed by atoms with Gasteiger partial charge in [-0.1, -0.05) is 18.2 Å². The number of hydrogen-bond donors (Lipinski definition) is 1. The lowest BCUT2D eigenvalue weighted by molar-refractivity contribution is -0.137. The molecule has 0 radical (unpaired) electrons. The molecular formula is C16H17F3N2. The van der Waals surface area contributed by atoms with Gasteiger partial charge in [-0.25, -0.2) is 0 Å². The van der Waals surface area contributed by atoms with E-state index in [2.05, 4.69) is 10.3 Å². The minimum atomic E-state index is -4.29. The fourth-order valence-corrected chi connectivity index (χ4v) is 2.03. The van der Waals surface area contributed by atoms with Gasteiger partial charge in [0.05, 0.1) is 11.3 Å². The molecule has 2 aromatic rings. The molecule has 0 aliphatic rings. The molecule has 1 atom stereocenters. The number of rotatable bonds is 4. The van der Waals surface area contributed by atoms with Crippen LogP contribution >= 0.6 is 0 Å². The molecule has 2 rings (SSSR count). The van der Waals surface area contributed by atoms with Gasteiger partial charge in [-0.3, -0.25) is 4.98 Å². The molecule has 0 amide bonds. The summed E-state index contributed by atoms with van der Waals surface area (Å²) in [6.07, 6.45) is -4.29. The second-order valence-corrected chi connectivity index (χ2v) is 4.99. The summed E-state index contributed by atoms with van der Waals surface area (Å²) in [5.41, 5.74) is 2.04. The minimum Gasteiger partial charge on any atom is -0.305 e. The van der Waals surface area contributed by atoms with Gasteiger partial charge in [0, 0.05) is 18.3 Å². The molecule has 0 saturated carbocycles. The third-order valence-electron chi connectivity index (χ3n) is 3.27. The van der Waals surface area contributed by atoms with Crippen LogP contribution in [-0.4, -0.2) is 4.98 Å². The minimum absolute atomic E-state index is 0.0467. The van der Waals surface area contributed by atoms with Crippen molar-refractivity contribution >= 4 is 0 Å². The van der Waals surface area contributed by atoms with Crippen molar-refractivity contribution in [1.82, 2.24) is 10.3 Å². The lowest BCUT2D eigenvalue weighted by atomic mass is 10.1. The molecular weight excluding hydrogens is 277 g/mol. The molecule has 0 fully saturated rings. The summed E-state index contributed by atoms with van der Waals surface area (Å²) in [4.78, 5) is 4.37. The first-order valence-electron chi connectivity index (χ1n) is 6.69. The maximum Gasteiger partial charge on any atom is 0.416 e. The number of pyridine rings is 1. The van der Waals surface area contributed by atoms with Gasteiger partial charge in [-0.15, -0.1) is 0 Å².